The molecule has 0 radical (unpaired) electrons. The van der Waals surface area contributed by atoms with E-state index in [1.54, 1.807) is 0 Å². The van der Waals surface area contributed by atoms with Gasteiger partial charge in [-0.25, -0.2) is 0 Å². The standard InChI is InChI=1S/C25H20.C2H6/c1-2-6-12-20(11-5-1)23-17-24(21-13-7-3-8-14-21)19-25(18-23)22-15-9-4-10-16-22;1-2/h1,3,5-9,11-19H,4,10H2;1-2H3. The van der Waals surface area contributed by atoms with Gasteiger partial charge in [-0.05, 0) is 82.7 Å². The van der Waals surface area contributed by atoms with Crippen LogP contribution in [0.4, 0.5) is 0 Å². The molecule has 134 valence electrons. The van der Waals surface area contributed by atoms with Gasteiger partial charge in [0.15, 0.2) is 0 Å². The molecule has 0 amide bonds. The molecule has 0 aromatic heterocycles. The van der Waals surface area contributed by atoms with Crippen molar-refractivity contribution in [1.29, 1.82) is 0 Å². The van der Waals surface area contributed by atoms with Crippen LogP contribution in [0.2, 0.25) is 0 Å². The predicted octanol–water partition coefficient (Wildman–Crippen LogP) is 7.78. The van der Waals surface area contributed by atoms with Crippen LogP contribution >= 0.6 is 0 Å². The third-order valence-corrected chi connectivity index (χ3v) is 4.53. The van der Waals surface area contributed by atoms with Crippen molar-refractivity contribution in [2.75, 3.05) is 0 Å². The SMILES string of the molecule is C1=CC=CC(c2cc(C3=CCCC=C3)cc(-c3ccccc3)c2)=CC=1.CC. The summed E-state index contributed by atoms with van der Waals surface area (Å²) in [4.78, 5) is 0. The van der Waals surface area contributed by atoms with Crippen molar-refractivity contribution >= 4 is 11.1 Å². The van der Waals surface area contributed by atoms with E-state index in [4.69, 9.17) is 0 Å². The zero-order chi connectivity index (χ0) is 18.9. The van der Waals surface area contributed by atoms with Gasteiger partial charge in [0.2, 0.25) is 0 Å². The van der Waals surface area contributed by atoms with Gasteiger partial charge in [-0.2, -0.15) is 0 Å². The number of allylic oxidation sites excluding steroid dienone is 9. The highest BCUT2D eigenvalue weighted by molar-refractivity contribution is 5.85. The molecule has 0 heterocycles. The Hall–Kier alpha value is -3.08. The smallest absolute Gasteiger partial charge is 0.0171 e. The summed E-state index contributed by atoms with van der Waals surface area (Å²) in [6, 6.07) is 17.5. The monoisotopic (exact) mass is 350 g/mol. The predicted molar refractivity (Wildman–Crippen MR) is 119 cm³/mol. The second-order valence-electron chi connectivity index (χ2n) is 6.29. The van der Waals surface area contributed by atoms with E-state index in [0.29, 0.717) is 0 Å². The molecule has 27 heavy (non-hydrogen) atoms. The second kappa shape index (κ2) is 9.57. The van der Waals surface area contributed by atoms with Crippen molar-refractivity contribution in [3.8, 4) is 11.1 Å². The van der Waals surface area contributed by atoms with Gasteiger partial charge >= 0.3 is 0 Å². The molecule has 2 aliphatic carbocycles. The molecular formula is C27H26. The topological polar surface area (TPSA) is 0 Å². The summed E-state index contributed by atoms with van der Waals surface area (Å²) in [5.74, 6) is 0. The lowest BCUT2D eigenvalue weighted by atomic mass is 9.91. The van der Waals surface area contributed by atoms with E-state index in [0.717, 1.165) is 12.8 Å². The Morgan fingerprint density at radius 1 is 0.704 bits per heavy atom. The van der Waals surface area contributed by atoms with E-state index in [9.17, 15) is 0 Å². The number of hydrogen-bond donors (Lipinski definition) is 0. The minimum atomic E-state index is 1.12. The number of benzene rings is 2. The molecule has 0 nitrogen and oxygen atoms in total. The molecule has 0 unspecified atom stereocenters. The Kier molecular flexibility index (Phi) is 6.63. The van der Waals surface area contributed by atoms with E-state index in [-0.39, 0.29) is 0 Å². The van der Waals surface area contributed by atoms with E-state index in [2.05, 4.69) is 84.6 Å². The van der Waals surface area contributed by atoms with Crippen molar-refractivity contribution < 1.29 is 0 Å². The summed E-state index contributed by atoms with van der Waals surface area (Å²) in [5.41, 5.74) is 10.7. The molecule has 0 N–H and O–H groups in total. The Bertz CT molecular complexity index is 956. The van der Waals surface area contributed by atoms with Crippen LogP contribution in [0.25, 0.3) is 22.3 Å². The van der Waals surface area contributed by atoms with Crippen molar-refractivity contribution in [2.45, 2.75) is 26.7 Å². The molecule has 0 saturated heterocycles. The second-order valence-corrected chi connectivity index (χ2v) is 6.29. The Morgan fingerprint density at radius 3 is 2.19 bits per heavy atom. The fourth-order valence-corrected chi connectivity index (χ4v) is 3.23. The molecule has 0 aliphatic heterocycles. The summed E-state index contributed by atoms with van der Waals surface area (Å²) in [6.07, 6.45) is 19.3. The first-order valence-corrected chi connectivity index (χ1v) is 9.77. The Labute approximate surface area is 163 Å². The Balaban J connectivity index is 0.00000102. The molecule has 0 spiro atoms. The number of rotatable bonds is 3. The zero-order valence-corrected chi connectivity index (χ0v) is 16.2. The minimum absolute atomic E-state index is 1.12. The van der Waals surface area contributed by atoms with Crippen molar-refractivity contribution in [3.63, 3.8) is 0 Å². The van der Waals surface area contributed by atoms with Gasteiger partial charge in [0.25, 0.3) is 0 Å². The van der Waals surface area contributed by atoms with Crippen LogP contribution in [0.3, 0.4) is 0 Å². The molecule has 0 heteroatoms. The maximum atomic E-state index is 3.14. The van der Waals surface area contributed by atoms with Crippen LogP contribution in [-0.2, 0) is 0 Å². The lowest BCUT2D eigenvalue weighted by molar-refractivity contribution is 1.04. The van der Waals surface area contributed by atoms with Gasteiger partial charge in [0.05, 0.1) is 0 Å². The summed E-state index contributed by atoms with van der Waals surface area (Å²) in [5, 5.41) is 0. The molecule has 4 rings (SSSR count). The maximum absolute atomic E-state index is 3.14. The zero-order valence-electron chi connectivity index (χ0n) is 16.2. The van der Waals surface area contributed by atoms with Crippen molar-refractivity contribution in [3.05, 3.63) is 114 Å². The molecule has 0 bridgehead atoms. The lowest BCUT2D eigenvalue weighted by Gasteiger charge is -2.13. The van der Waals surface area contributed by atoms with Crippen LogP contribution in [-0.4, -0.2) is 0 Å². The van der Waals surface area contributed by atoms with Crippen molar-refractivity contribution in [1.82, 2.24) is 0 Å². The summed E-state index contributed by atoms with van der Waals surface area (Å²) in [7, 11) is 0. The Morgan fingerprint density at radius 2 is 1.44 bits per heavy atom. The van der Waals surface area contributed by atoms with Crippen LogP contribution < -0.4 is 0 Å². The fraction of sp³-hybridized carbons (Fsp3) is 0.148. The molecule has 0 atom stereocenters. The average Bonchev–Trinajstić information content (AvgIpc) is 3.06. The van der Waals surface area contributed by atoms with E-state index < -0.39 is 0 Å². The normalized spacial score (nSPS) is 14.7. The third-order valence-electron chi connectivity index (χ3n) is 4.53. The first-order chi connectivity index (χ1) is 13.4. The summed E-state index contributed by atoms with van der Waals surface area (Å²) in [6.45, 7) is 4.00. The van der Waals surface area contributed by atoms with Crippen LogP contribution in [0.1, 0.15) is 37.8 Å². The molecule has 2 aromatic rings. The highest BCUT2D eigenvalue weighted by atomic mass is 14.1. The third kappa shape index (κ3) is 4.76. The molecule has 0 saturated carbocycles. The molecule has 2 aliphatic rings. The highest BCUT2D eigenvalue weighted by Gasteiger charge is 2.09. The van der Waals surface area contributed by atoms with Gasteiger partial charge in [0.1, 0.15) is 0 Å². The first-order valence-electron chi connectivity index (χ1n) is 9.77. The molecule has 2 aromatic carbocycles. The van der Waals surface area contributed by atoms with Gasteiger partial charge in [-0.1, -0.05) is 74.6 Å². The van der Waals surface area contributed by atoms with Gasteiger partial charge < -0.3 is 0 Å². The summed E-state index contributed by atoms with van der Waals surface area (Å²) < 4.78 is 0. The van der Waals surface area contributed by atoms with Gasteiger partial charge in [-0.15, -0.1) is 5.73 Å². The number of hydrogen-bond acceptors (Lipinski definition) is 0. The molecular weight excluding hydrogens is 324 g/mol. The molecule has 0 fully saturated rings. The summed E-state index contributed by atoms with van der Waals surface area (Å²) >= 11 is 0. The minimum Gasteiger partial charge on any atom is -0.121 e. The van der Waals surface area contributed by atoms with Crippen LogP contribution in [0.15, 0.2) is 103 Å². The van der Waals surface area contributed by atoms with E-state index in [1.807, 2.05) is 32.1 Å². The first kappa shape index (κ1) is 18.7. The lowest BCUT2D eigenvalue weighted by Crippen LogP contribution is -1.91. The van der Waals surface area contributed by atoms with Crippen molar-refractivity contribution in [2.24, 2.45) is 0 Å². The van der Waals surface area contributed by atoms with Gasteiger partial charge in [0, 0.05) is 0 Å². The van der Waals surface area contributed by atoms with Gasteiger partial charge in [-0.3, -0.25) is 0 Å². The van der Waals surface area contributed by atoms with Crippen LogP contribution in [0.5, 0.6) is 0 Å². The van der Waals surface area contributed by atoms with Crippen LogP contribution in [0, 0.1) is 0 Å². The largest absolute Gasteiger partial charge is 0.121 e. The average molecular weight is 351 g/mol. The maximum Gasteiger partial charge on any atom is -0.0171 e. The fourth-order valence-electron chi connectivity index (χ4n) is 3.23. The van der Waals surface area contributed by atoms with E-state index in [1.165, 1.54) is 33.4 Å². The van der Waals surface area contributed by atoms with E-state index >= 15 is 0 Å². The quantitative estimate of drug-likeness (QED) is 0.496. The highest BCUT2D eigenvalue weighted by Crippen LogP contribution is 2.31.